The molecule has 3 nitrogen and oxygen atoms in total. The topological polar surface area (TPSA) is 28.4 Å². The number of nitrogens with zero attached hydrogens (tertiary/aromatic N) is 1. The Morgan fingerprint density at radius 3 is 2.33 bits per heavy atom. The molecule has 0 aliphatic carbocycles. The van der Waals surface area contributed by atoms with Crippen LogP contribution in [-0.4, -0.2) is 37.3 Å². The Morgan fingerprint density at radius 2 is 1.86 bits per heavy atom. The van der Waals surface area contributed by atoms with Gasteiger partial charge in [0.25, 0.3) is 0 Å². The predicted octanol–water partition coefficient (Wildman–Crippen LogP) is 4.07. The summed E-state index contributed by atoms with van der Waals surface area (Å²) in [5.74, 6) is 0.510. The molecule has 1 N–H and O–H groups in total. The van der Waals surface area contributed by atoms with Gasteiger partial charge in [0.2, 0.25) is 0 Å². The van der Waals surface area contributed by atoms with Crippen molar-refractivity contribution < 1.29 is 17.6 Å². The second-order valence-corrected chi connectivity index (χ2v) is 4.97. The molecule has 9 heteroatoms. The average Bonchev–Trinajstić information content (AvgIpc) is 2.76. The van der Waals surface area contributed by atoms with E-state index in [2.05, 4.69) is 5.32 Å². The lowest BCUT2D eigenvalue weighted by Gasteiger charge is -2.34. The van der Waals surface area contributed by atoms with E-state index in [0.29, 0.717) is 18.8 Å². The van der Waals surface area contributed by atoms with Crippen molar-refractivity contribution in [1.29, 1.82) is 0 Å². The van der Waals surface area contributed by atoms with Crippen LogP contribution in [0.4, 0.5) is 13.2 Å². The number of nitrogens with one attached hydrogen (secondary N) is 1. The Morgan fingerprint density at radius 1 is 1.24 bits per heavy atom. The zero-order valence-electron chi connectivity index (χ0n) is 11.2. The Hall–Kier alpha value is -0.140. The fraction of sp³-hybridized carbons (Fsp3) is 0.667. The first kappa shape index (κ1) is 20.9. The Kier molecular flexibility index (Phi) is 9.04. The molecule has 1 aromatic heterocycles. The SMILES string of the molecule is Cl.Cl.FC(F)(F)CC[C@@H](c1ccc(Cl)o1)N1CCNCC1. The van der Waals surface area contributed by atoms with Crippen molar-refractivity contribution in [3.63, 3.8) is 0 Å². The van der Waals surface area contributed by atoms with Crippen LogP contribution in [0.3, 0.4) is 0 Å². The van der Waals surface area contributed by atoms with Gasteiger partial charge < -0.3 is 9.73 Å². The van der Waals surface area contributed by atoms with E-state index in [1.165, 1.54) is 0 Å². The molecule has 0 amide bonds. The molecule has 1 aliphatic rings. The number of hydrogen-bond donors (Lipinski definition) is 1. The zero-order valence-corrected chi connectivity index (χ0v) is 13.5. The van der Waals surface area contributed by atoms with Gasteiger partial charge in [0, 0.05) is 32.6 Å². The second-order valence-electron chi connectivity index (χ2n) is 4.60. The molecule has 21 heavy (non-hydrogen) atoms. The molecule has 0 bridgehead atoms. The number of alkyl halides is 3. The van der Waals surface area contributed by atoms with E-state index < -0.39 is 12.6 Å². The third-order valence-electron chi connectivity index (χ3n) is 3.22. The van der Waals surface area contributed by atoms with Gasteiger partial charge in [0.1, 0.15) is 5.76 Å². The van der Waals surface area contributed by atoms with Crippen LogP contribution in [0.15, 0.2) is 16.5 Å². The number of piperazine rings is 1. The first-order valence-electron chi connectivity index (χ1n) is 6.22. The highest BCUT2D eigenvalue weighted by atomic mass is 35.5. The maximum Gasteiger partial charge on any atom is 0.389 e. The minimum absolute atomic E-state index is 0. The van der Waals surface area contributed by atoms with E-state index in [1.807, 2.05) is 4.90 Å². The Balaban J connectivity index is 0.00000200. The van der Waals surface area contributed by atoms with Crippen LogP contribution < -0.4 is 5.32 Å². The van der Waals surface area contributed by atoms with Crippen molar-refractivity contribution in [2.45, 2.75) is 25.1 Å². The molecule has 0 saturated carbocycles. The van der Waals surface area contributed by atoms with Crippen LogP contribution in [0, 0.1) is 0 Å². The van der Waals surface area contributed by atoms with Crippen LogP contribution in [0.2, 0.25) is 5.22 Å². The maximum absolute atomic E-state index is 12.4. The number of halogens is 6. The molecular weight excluding hydrogens is 351 g/mol. The predicted molar refractivity (Wildman–Crippen MR) is 80.7 cm³/mol. The molecule has 1 atom stereocenters. The minimum Gasteiger partial charge on any atom is -0.448 e. The summed E-state index contributed by atoms with van der Waals surface area (Å²) in [6, 6.07) is 2.86. The maximum atomic E-state index is 12.4. The summed E-state index contributed by atoms with van der Waals surface area (Å²) in [6.45, 7) is 2.97. The molecule has 0 aromatic carbocycles. The smallest absolute Gasteiger partial charge is 0.389 e. The summed E-state index contributed by atoms with van der Waals surface area (Å²) in [6.07, 6.45) is -4.98. The Bertz CT molecular complexity index is 409. The van der Waals surface area contributed by atoms with Crippen molar-refractivity contribution in [3.05, 3.63) is 23.1 Å². The highest BCUT2D eigenvalue weighted by Gasteiger charge is 2.32. The van der Waals surface area contributed by atoms with Crippen LogP contribution in [0.25, 0.3) is 0 Å². The molecule has 0 unspecified atom stereocenters. The summed E-state index contributed by atoms with van der Waals surface area (Å²) in [5.41, 5.74) is 0. The molecule has 1 fully saturated rings. The van der Waals surface area contributed by atoms with E-state index in [-0.39, 0.29) is 42.5 Å². The van der Waals surface area contributed by atoms with Gasteiger partial charge in [-0.15, -0.1) is 24.8 Å². The largest absolute Gasteiger partial charge is 0.448 e. The molecule has 2 rings (SSSR count). The highest BCUT2D eigenvalue weighted by molar-refractivity contribution is 6.28. The van der Waals surface area contributed by atoms with Crippen molar-refractivity contribution in [1.82, 2.24) is 10.2 Å². The molecule has 1 aliphatic heterocycles. The third kappa shape index (κ3) is 6.65. The summed E-state index contributed by atoms with van der Waals surface area (Å²) < 4.78 is 42.5. The number of furan rings is 1. The normalized spacial score (nSPS) is 17.7. The van der Waals surface area contributed by atoms with Gasteiger partial charge in [-0.05, 0) is 30.2 Å². The van der Waals surface area contributed by atoms with Gasteiger partial charge in [-0.2, -0.15) is 13.2 Å². The molecule has 1 saturated heterocycles. The first-order chi connectivity index (χ1) is 8.96. The lowest BCUT2D eigenvalue weighted by atomic mass is 10.1. The van der Waals surface area contributed by atoms with E-state index in [9.17, 15) is 13.2 Å². The fourth-order valence-electron chi connectivity index (χ4n) is 2.31. The fourth-order valence-corrected chi connectivity index (χ4v) is 2.46. The molecule has 0 radical (unpaired) electrons. The summed E-state index contributed by atoms with van der Waals surface area (Å²) >= 11 is 5.71. The lowest BCUT2D eigenvalue weighted by molar-refractivity contribution is -0.138. The van der Waals surface area contributed by atoms with Crippen molar-refractivity contribution in [2.75, 3.05) is 26.2 Å². The summed E-state index contributed by atoms with van der Waals surface area (Å²) in [5, 5.41) is 3.39. The molecule has 2 heterocycles. The monoisotopic (exact) mass is 368 g/mol. The van der Waals surface area contributed by atoms with Crippen LogP contribution in [-0.2, 0) is 0 Å². The molecule has 124 valence electrons. The Labute approximate surface area is 139 Å². The standard InChI is InChI=1S/C12H16ClF3N2O.2ClH/c13-11-2-1-10(19-11)9(3-4-12(14,15)16)18-7-5-17-6-8-18;;/h1-2,9,17H,3-8H2;2*1H/t9-;;/m0../s1. The zero-order chi connectivity index (χ0) is 13.9. The summed E-state index contributed by atoms with van der Waals surface area (Å²) in [4.78, 5) is 2.01. The quantitative estimate of drug-likeness (QED) is 0.867. The van der Waals surface area contributed by atoms with Crippen LogP contribution >= 0.6 is 36.4 Å². The van der Waals surface area contributed by atoms with Crippen molar-refractivity contribution in [3.8, 4) is 0 Å². The van der Waals surface area contributed by atoms with Crippen molar-refractivity contribution >= 4 is 36.4 Å². The van der Waals surface area contributed by atoms with Gasteiger partial charge in [-0.25, -0.2) is 0 Å². The summed E-state index contributed by atoms with van der Waals surface area (Å²) in [7, 11) is 0. The van der Waals surface area contributed by atoms with E-state index in [4.69, 9.17) is 16.0 Å². The van der Waals surface area contributed by atoms with Crippen LogP contribution in [0.1, 0.15) is 24.6 Å². The van der Waals surface area contributed by atoms with Gasteiger partial charge >= 0.3 is 6.18 Å². The number of hydrogen-bond acceptors (Lipinski definition) is 3. The highest BCUT2D eigenvalue weighted by Crippen LogP contribution is 2.33. The lowest BCUT2D eigenvalue weighted by Crippen LogP contribution is -2.45. The van der Waals surface area contributed by atoms with E-state index in [0.717, 1.165) is 13.1 Å². The van der Waals surface area contributed by atoms with Gasteiger partial charge in [-0.3, -0.25) is 4.90 Å². The minimum atomic E-state index is -4.15. The molecule has 0 spiro atoms. The van der Waals surface area contributed by atoms with Gasteiger partial charge in [0.05, 0.1) is 6.04 Å². The van der Waals surface area contributed by atoms with Crippen LogP contribution in [0.5, 0.6) is 0 Å². The van der Waals surface area contributed by atoms with E-state index >= 15 is 0 Å². The van der Waals surface area contributed by atoms with Crippen molar-refractivity contribution in [2.24, 2.45) is 0 Å². The second kappa shape index (κ2) is 9.10. The van der Waals surface area contributed by atoms with Gasteiger partial charge in [-0.1, -0.05) is 0 Å². The first-order valence-corrected chi connectivity index (χ1v) is 6.60. The number of rotatable bonds is 4. The van der Waals surface area contributed by atoms with E-state index in [1.54, 1.807) is 12.1 Å². The molecule has 1 aromatic rings. The molecular formula is C12H18Cl3F3N2O. The van der Waals surface area contributed by atoms with Gasteiger partial charge in [0.15, 0.2) is 5.22 Å². The third-order valence-corrected chi connectivity index (χ3v) is 3.42. The average molecular weight is 370 g/mol.